The van der Waals surface area contributed by atoms with Gasteiger partial charge in [0.1, 0.15) is 23.4 Å². The van der Waals surface area contributed by atoms with Gasteiger partial charge in [0, 0.05) is 42.0 Å². The van der Waals surface area contributed by atoms with Crippen LogP contribution in [0.25, 0.3) is 11.5 Å². The van der Waals surface area contributed by atoms with E-state index >= 15 is 0 Å². The Morgan fingerprint density at radius 3 is 2.66 bits per heavy atom. The Morgan fingerprint density at radius 2 is 2.00 bits per heavy atom. The molecule has 2 atom stereocenters. The molecule has 3 aromatic rings. The molecule has 0 spiro atoms. The van der Waals surface area contributed by atoms with Gasteiger partial charge in [-0.05, 0) is 19.1 Å². The first kappa shape index (κ1) is 18.8. The van der Waals surface area contributed by atoms with Gasteiger partial charge >= 0.3 is 6.01 Å². The van der Waals surface area contributed by atoms with Crippen molar-refractivity contribution in [1.82, 2.24) is 20.5 Å². The van der Waals surface area contributed by atoms with E-state index < -0.39 is 29.5 Å². The number of hydrogen-bond donors (Lipinski definition) is 2. The van der Waals surface area contributed by atoms with Crippen LogP contribution in [0, 0.1) is 18.6 Å². The van der Waals surface area contributed by atoms with E-state index in [0.717, 1.165) is 17.8 Å². The molecule has 0 saturated carbocycles. The van der Waals surface area contributed by atoms with Crippen molar-refractivity contribution in [2.75, 3.05) is 19.0 Å². The number of halogens is 2. The maximum atomic E-state index is 14.5. The van der Waals surface area contributed by atoms with Gasteiger partial charge in [0.2, 0.25) is 5.91 Å². The summed E-state index contributed by atoms with van der Waals surface area (Å²) in [7, 11) is 1.32. The minimum Gasteiger partial charge on any atom is -0.497 e. The molecular weight excluding hydrogens is 384 g/mol. The number of rotatable bonds is 5. The number of methoxy groups -OCH3 is 1. The fourth-order valence-electron chi connectivity index (χ4n) is 3.21. The van der Waals surface area contributed by atoms with Crippen LogP contribution >= 0.6 is 0 Å². The fraction of sp³-hybridized carbons (Fsp3) is 0.263. The van der Waals surface area contributed by atoms with Crippen LogP contribution in [0.1, 0.15) is 17.2 Å². The summed E-state index contributed by atoms with van der Waals surface area (Å²) in [6.45, 7) is 1.90. The number of amides is 1. The average molecular weight is 401 g/mol. The van der Waals surface area contributed by atoms with Gasteiger partial charge in [0.05, 0.1) is 12.7 Å². The summed E-state index contributed by atoms with van der Waals surface area (Å²) < 4.78 is 39.4. The zero-order valence-corrected chi connectivity index (χ0v) is 15.6. The smallest absolute Gasteiger partial charge is 0.316 e. The summed E-state index contributed by atoms with van der Waals surface area (Å²) in [5, 5.41) is 13.2. The average Bonchev–Trinajstić information content (AvgIpc) is 3.30. The molecule has 150 valence electrons. The SMILES string of the molecule is COc1cc(F)c([C@@H]2CNC(=O)[C@H]2Nc2nnc(-c3ccc(C)nc3)o2)c(F)c1. The number of carbonyl (C=O) groups excluding carboxylic acids is 1. The minimum atomic E-state index is -0.989. The lowest BCUT2D eigenvalue weighted by Crippen LogP contribution is -2.33. The Bertz CT molecular complexity index is 1030. The highest BCUT2D eigenvalue weighted by atomic mass is 19.1. The molecule has 0 unspecified atom stereocenters. The third kappa shape index (κ3) is 3.60. The third-order valence-electron chi connectivity index (χ3n) is 4.70. The van der Waals surface area contributed by atoms with Crippen molar-refractivity contribution in [2.45, 2.75) is 18.9 Å². The second kappa shape index (κ2) is 7.46. The normalized spacial score (nSPS) is 18.6. The number of anilines is 1. The van der Waals surface area contributed by atoms with Crippen molar-refractivity contribution in [3.63, 3.8) is 0 Å². The van der Waals surface area contributed by atoms with E-state index in [1.54, 1.807) is 18.3 Å². The molecule has 4 rings (SSSR count). The molecule has 1 saturated heterocycles. The number of aromatic nitrogens is 3. The summed E-state index contributed by atoms with van der Waals surface area (Å²) in [5.41, 5.74) is 1.22. The molecule has 10 heteroatoms. The molecule has 1 aromatic carbocycles. The molecule has 1 amide bonds. The molecule has 0 bridgehead atoms. The standard InChI is InChI=1S/C19H17F2N5O3/c1-9-3-4-10(7-22-9)18-25-26-19(29-18)24-16-12(8-23-17(16)27)15-13(20)5-11(28-2)6-14(15)21/h3-7,12,16H,8H2,1-2H3,(H,23,27)(H,24,26)/t12-,16-/m0/s1. The lowest BCUT2D eigenvalue weighted by atomic mass is 9.93. The number of pyridine rings is 1. The molecule has 2 N–H and O–H groups in total. The van der Waals surface area contributed by atoms with Gasteiger partial charge in [-0.15, -0.1) is 5.10 Å². The van der Waals surface area contributed by atoms with E-state index in [-0.39, 0.29) is 29.8 Å². The molecule has 3 heterocycles. The summed E-state index contributed by atoms with van der Waals surface area (Å²) >= 11 is 0. The van der Waals surface area contributed by atoms with Crippen LogP contribution < -0.4 is 15.4 Å². The number of ether oxygens (including phenoxy) is 1. The highest BCUT2D eigenvalue weighted by molar-refractivity contribution is 5.88. The van der Waals surface area contributed by atoms with Crippen LogP contribution in [-0.4, -0.2) is 40.8 Å². The van der Waals surface area contributed by atoms with Crippen LogP contribution in [0.2, 0.25) is 0 Å². The second-order valence-corrected chi connectivity index (χ2v) is 6.58. The van der Waals surface area contributed by atoms with Crippen molar-refractivity contribution in [3.05, 3.63) is 53.4 Å². The Morgan fingerprint density at radius 1 is 1.24 bits per heavy atom. The van der Waals surface area contributed by atoms with Crippen molar-refractivity contribution >= 4 is 11.9 Å². The Kier molecular flexibility index (Phi) is 4.83. The lowest BCUT2D eigenvalue weighted by Gasteiger charge is -2.19. The van der Waals surface area contributed by atoms with Crippen LogP contribution in [0.5, 0.6) is 5.75 Å². The second-order valence-electron chi connectivity index (χ2n) is 6.58. The van der Waals surface area contributed by atoms with Crippen molar-refractivity contribution in [3.8, 4) is 17.2 Å². The van der Waals surface area contributed by atoms with E-state index in [1.165, 1.54) is 7.11 Å². The highest BCUT2D eigenvalue weighted by Gasteiger charge is 2.40. The third-order valence-corrected chi connectivity index (χ3v) is 4.70. The van der Waals surface area contributed by atoms with Crippen LogP contribution in [-0.2, 0) is 4.79 Å². The Labute approximate surface area is 164 Å². The maximum Gasteiger partial charge on any atom is 0.316 e. The molecular formula is C19H17F2N5O3. The quantitative estimate of drug-likeness (QED) is 0.677. The largest absolute Gasteiger partial charge is 0.497 e. The number of hydrogen-bond acceptors (Lipinski definition) is 7. The Balaban J connectivity index is 1.59. The lowest BCUT2D eigenvalue weighted by molar-refractivity contribution is -0.119. The Hall–Kier alpha value is -3.56. The van der Waals surface area contributed by atoms with Gasteiger partial charge in [-0.2, -0.15) is 0 Å². The van der Waals surface area contributed by atoms with E-state index in [4.69, 9.17) is 9.15 Å². The van der Waals surface area contributed by atoms with Gasteiger partial charge in [-0.25, -0.2) is 8.78 Å². The summed E-state index contributed by atoms with van der Waals surface area (Å²) in [6.07, 6.45) is 1.58. The fourth-order valence-corrected chi connectivity index (χ4v) is 3.21. The number of nitrogens with one attached hydrogen (secondary N) is 2. The van der Waals surface area contributed by atoms with E-state index in [2.05, 4.69) is 25.8 Å². The summed E-state index contributed by atoms with van der Waals surface area (Å²) in [6, 6.07) is 4.69. The van der Waals surface area contributed by atoms with Crippen LogP contribution in [0.15, 0.2) is 34.9 Å². The predicted octanol–water partition coefficient (Wildman–Crippen LogP) is 2.42. The molecule has 1 aliphatic rings. The molecule has 2 aromatic heterocycles. The topological polar surface area (TPSA) is 102 Å². The molecule has 8 nitrogen and oxygen atoms in total. The zero-order valence-electron chi connectivity index (χ0n) is 15.6. The molecule has 0 radical (unpaired) electrons. The number of benzene rings is 1. The van der Waals surface area contributed by atoms with E-state index in [0.29, 0.717) is 5.56 Å². The van der Waals surface area contributed by atoms with Gasteiger partial charge < -0.3 is 19.8 Å². The zero-order chi connectivity index (χ0) is 20.5. The van der Waals surface area contributed by atoms with Gasteiger partial charge in [0.15, 0.2) is 0 Å². The van der Waals surface area contributed by atoms with Crippen LogP contribution in [0.3, 0.4) is 0 Å². The summed E-state index contributed by atoms with van der Waals surface area (Å²) in [5.74, 6) is -2.58. The molecule has 1 fully saturated rings. The van der Waals surface area contributed by atoms with Crippen molar-refractivity contribution in [2.24, 2.45) is 0 Å². The van der Waals surface area contributed by atoms with E-state index in [9.17, 15) is 13.6 Å². The van der Waals surface area contributed by atoms with Crippen molar-refractivity contribution < 1.29 is 22.7 Å². The number of aryl methyl sites for hydroxylation is 1. The minimum absolute atomic E-state index is 0.0399. The molecule has 29 heavy (non-hydrogen) atoms. The first-order chi connectivity index (χ1) is 14.0. The monoisotopic (exact) mass is 401 g/mol. The first-order valence-electron chi connectivity index (χ1n) is 8.80. The highest BCUT2D eigenvalue weighted by Crippen LogP contribution is 2.33. The maximum absolute atomic E-state index is 14.5. The first-order valence-corrected chi connectivity index (χ1v) is 8.80. The summed E-state index contributed by atoms with van der Waals surface area (Å²) in [4.78, 5) is 16.4. The van der Waals surface area contributed by atoms with Gasteiger partial charge in [-0.3, -0.25) is 9.78 Å². The van der Waals surface area contributed by atoms with Crippen molar-refractivity contribution in [1.29, 1.82) is 0 Å². The van der Waals surface area contributed by atoms with Crippen LogP contribution in [0.4, 0.5) is 14.8 Å². The van der Waals surface area contributed by atoms with E-state index in [1.807, 2.05) is 6.92 Å². The number of nitrogens with zero attached hydrogens (tertiary/aromatic N) is 3. The van der Waals surface area contributed by atoms with Gasteiger partial charge in [0.25, 0.3) is 5.89 Å². The predicted molar refractivity (Wildman–Crippen MR) is 98.3 cm³/mol. The van der Waals surface area contributed by atoms with Gasteiger partial charge in [-0.1, -0.05) is 5.10 Å². The molecule has 0 aliphatic carbocycles. The number of carbonyl (C=O) groups is 1. The molecule has 1 aliphatic heterocycles.